The zero-order valence-corrected chi connectivity index (χ0v) is 17.3. The molecule has 0 aliphatic heterocycles. The van der Waals surface area contributed by atoms with E-state index < -0.39 is 5.97 Å². The standard InChI is InChI=1S/C28H19FO3/c1-2-3-19-4-17-26(27(29)18-19)22-5-7-23(8-6-22)28(31)32-25-15-11-21(12-16-25)20-9-13-24(30)14-10-20/h4-18,30H,1H3. The first-order chi connectivity index (χ1) is 15.5. The summed E-state index contributed by atoms with van der Waals surface area (Å²) in [5.41, 5.74) is 3.96. The van der Waals surface area contributed by atoms with Crippen molar-refractivity contribution in [3.63, 3.8) is 0 Å². The fourth-order valence-corrected chi connectivity index (χ4v) is 3.29. The lowest BCUT2D eigenvalue weighted by Gasteiger charge is -2.08. The Hall–Kier alpha value is -4.36. The Bertz CT molecular complexity index is 1310. The van der Waals surface area contributed by atoms with Gasteiger partial charge in [0.15, 0.2) is 0 Å². The van der Waals surface area contributed by atoms with Crippen molar-refractivity contribution in [3.05, 3.63) is 108 Å². The maximum atomic E-state index is 14.4. The Kier molecular flexibility index (Phi) is 6.00. The highest BCUT2D eigenvalue weighted by atomic mass is 19.1. The summed E-state index contributed by atoms with van der Waals surface area (Å²) in [5.74, 6) is 5.33. The largest absolute Gasteiger partial charge is 0.508 e. The van der Waals surface area contributed by atoms with E-state index in [2.05, 4.69) is 11.8 Å². The summed E-state index contributed by atoms with van der Waals surface area (Å²) in [5, 5.41) is 9.40. The van der Waals surface area contributed by atoms with E-state index in [0.29, 0.717) is 28.0 Å². The zero-order chi connectivity index (χ0) is 22.5. The number of phenolic OH excluding ortho intramolecular Hbond substituents is 1. The molecule has 0 atom stereocenters. The summed E-state index contributed by atoms with van der Waals surface area (Å²) in [4.78, 5) is 12.5. The van der Waals surface area contributed by atoms with Crippen LogP contribution in [0.4, 0.5) is 4.39 Å². The van der Waals surface area contributed by atoms with Crippen LogP contribution >= 0.6 is 0 Å². The Balaban J connectivity index is 1.46. The van der Waals surface area contributed by atoms with Crippen LogP contribution in [0.15, 0.2) is 91.0 Å². The van der Waals surface area contributed by atoms with E-state index in [-0.39, 0.29) is 11.6 Å². The Morgan fingerprint density at radius 1 is 0.812 bits per heavy atom. The van der Waals surface area contributed by atoms with Crippen molar-refractivity contribution < 1.29 is 19.0 Å². The van der Waals surface area contributed by atoms with Crippen LogP contribution in [-0.4, -0.2) is 11.1 Å². The molecule has 0 heterocycles. The quantitative estimate of drug-likeness (QED) is 0.233. The number of aromatic hydroxyl groups is 1. The van der Waals surface area contributed by atoms with Crippen LogP contribution in [0, 0.1) is 17.7 Å². The van der Waals surface area contributed by atoms with Gasteiger partial charge in [0.05, 0.1) is 5.56 Å². The van der Waals surface area contributed by atoms with E-state index in [4.69, 9.17) is 4.74 Å². The van der Waals surface area contributed by atoms with E-state index in [0.717, 1.165) is 11.1 Å². The van der Waals surface area contributed by atoms with E-state index in [1.54, 1.807) is 67.6 Å². The van der Waals surface area contributed by atoms with E-state index in [9.17, 15) is 14.3 Å². The highest BCUT2D eigenvalue weighted by molar-refractivity contribution is 5.91. The molecule has 0 saturated carbocycles. The second kappa shape index (κ2) is 9.20. The number of hydrogen-bond acceptors (Lipinski definition) is 3. The third-order valence-electron chi connectivity index (χ3n) is 4.94. The fourth-order valence-electron chi connectivity index (χ4n) is 3.29. The zero-order valence-electron chi connectivity index (χ0n) is 17.3. The fraction of sp³-hybridized carbons (Fsp3) is 0.0357. The molecule has 4 heteroatoms. The molecular formula is C28H19FO3. The molecule has 4 rings (SSSR count). The Labute approximate surface area is 185 Å². The first-order valence-corrected chi connectivity index (χ1v) is 9.98. The van der Waals surface area contributed by atoms with Crippen molar-refractivity contribution in [1.29, 1.82) is 0 Å². The van der Waals surface area contributed by atoms with Crippen LogP contribution in [0.5, 0.6) is 11.5 Å². The second-order valence-electron chi connectivity index (χ2n) is 7.11. The predicted molar refractivity (Wildman–Crippen MR) is 123 cm³/mol. The molecule has 0 aromatic heterocycles. The number of carbonyl (C=O) groups excluding carboxylic acids is 1. The lowest BCUT2D eigenvalue weighted by molar-refractivity contribution is 0.0735. The summed E-state index contributed by atoms with van der Waals surface area (Å²) in [6.45, 7) is 1.70. The van der Waals surface area contributed by atoms with Gasteiger partial charge in [-0.2, -0.15) is 0 Å². The maximum Gasteiger partial charge on any atom is 0.343 e. The summed E-state index contributed by atoms with van der Waals surface area (Å²) in [6.07, 6.45) is 0. The molecule has 3 nitrogen and oxygen atoms in total. The number of halogens is 1. The van der Waals surface area contributed by atoms with E-state index in [1.165, 1.54) is 6.07 Å². The van der Waals surface area contributed by atoms with Crippen molar-refractivity contribution in [2.75, 3.05) is 0 Å². The number of ether oxygens (including phenoxy) is 1. The van der Waals surface area contributed by atoms with Gasteiger partial charge in [-0.3, -0.25) is 0 Å². The molecule has 156 valence electrons. The molecule has 4 aromatic carbocycles. The highest BCUT2D eigenvalue weighted by Crippen LogP contribution is 2.26. The second-order valence-corrected chi connectivity index (χ2v) is 7.11. The van der Waals surface area contributed by atoms with Crippen LogP contribution in [0.25, 0.3) is 22.3 Å². The summed E-state index contributed by atoms with van der Waals surface area (Å²) in [6, 6.07) is 25.4. The number of hydrogen-bond donors (Lipinski definition) is 1. The third kappa shape index (κ3) is 4.69. The molecule has 0 aliphatic carbocycles. The predicted octanol–water partition coefficient (Wildman–Crippen LogP) is 6.46. The van der Waals surface area contributed by atoms with Crippen LogP contribution in [-0.2, 0) is 0 Å². The Morgan fingerprint density at radius 3 is 2.00 bits per heavy atom. The molecule has 32 heavy (non-hydrogen) atoms. The molecule has 1 N–H and O–H groups in total. The third-order valence-corrected chi connectivity index (χ3v) is 4.94. The SMILES string of the molecule is CC#Cc1ccc(-c2ccc(C(=O)Oc3ccc(-c4ccc(O)cc4)cc3)cc2)c(F)c1. The Morgan fingerprint density at radius 2 is 1.41 bits per heavy atom. The number of phenols is 1. The lowest BCUT2D eigenvalue weighted by atomic mass is 10.0. The van der Waals surface area contributed by atoms with Crippen LogP contribution in [0.2, 0.25) is 0 Å². The molecule has 0 radical (unpaired) electrons. The molecule has 4 aromatic rings. The number of carbonyl (C=O) groups is 1. The molecule has 0 amide bonds. The molecule has 0 saturated heterocycles. The smallest absolute Gasteiger partial charge is 0.343 e. The van der Waals surface area contributed by atoms with Crippen molar-refractivity contribution in [2.45, 2.75) is 6.92 Å². The van der Waals surface area contributed by atoms with E-state index in [1.807, 2.05) is 24.3 Å². The van der Waals surface area contributed by atoms with Crippen molar-refractivity contribution in [3.8, 4) is 45.6 Å². The maximum absolute atomic E-state index is 14.4. The highest BCUT2D eigenvalue weighted by Gasteiger charge is 2.11. The first kappa shape index (κ1) is 20.9. The van der Waals surface area contributed by atoms with Crippen molar-refractivity contribution >= 4 is 5.97 Å². The number of rotatable bonds is 4. The van der Waals surface area contributed by atoms with Gasteiger partial charge in [-0.25, -0.2) is 9.18 Å². The van der Waals surface area contributed by atoms with Gasteiger partial charge >= 0.3 is 5.97 Å². The topological polar surface area (TPSA) is 46.5 Å². The van der Waals surface area contributed by atoms with Gasteiger partial charge in [-0.1, -0.05) is 48.4 Å². The monoisotopic (exact) mass is 422 g/mol. The van der Waals surface area contributed by atoms with Crippen LogP contribution < -0.4 is 4.74 Å². The first-order valence-electron chi connectivity index (χ1n) is 9.98. The summed E-state index contributed by atoms with van der Waals surface area (Å²) < 4.78 is 19.9. The van der Waals surface area contributed by atoms with Gasteiger partial charge in [0.2, 0.25) is 0 Å². The van der Waals surface area contributed by atoms with Crippen molar-refractivity contribution in [1.82, 2.24) is 0 Å². The average Bonchev–Trinajstić information content (AvgIpc) is 2.81. The van der Waals surface area contributed by atoms with Gasteiger partial charge in [0, 0.05) is 11.1 Å². The number of esters is 1. The van der Waals surface area contributed by atoms with E-state index >= 15 is 0 Å². The van der Waals surface area contributed by atoms with Gasteiger partial charge in [-0.05, 0) is 72.1 Å². The van der Waals surface area contributed by atoms with Gasteiger partial charge in [-0.15, -0.1) is 5.92 Å². The number of benzene rings is 4. The van der Waals surface area contributed by atoms with Gasteiger partial charge < -0.3 is 9.84 Å². The van der Waals surface area contributed by atoms with Crippen LogP contribution in [0.1, 0.15) is 22.8 Å². The molecule has 0 fully saturated rings. The van der Waals surface area contributed by atoms with Gasteiger partial charge in [0.25, 0.3) is 0 Å². The molecular weight excluding hydrogens is 403 g/mol. The summed E-state index contributed by atoms with van der Waals surface area (Å²) in [7, 11) is 0. The van der Waals surface area contributed by atoms with Crippen LogP contribution in [0.3, 0.4) is 0 Å². The minimum absolute atomic E-state index is 0.205. The minimum Gasteiger partial charge on any atom is -0.508 e. The minimum atomic E-state index is -0.497. The molecule has 0 spiro atoms. The van der Waals surface area contributed by atoms with Gasteiger partial charge in [0.1, 0.15) is 17.3 Å². The average molecular weight is 422 g/mol. The molecule has 0 bridgehead atoms. The molecule has 0 aliphatic rings. The normalized spacial score (nSPS) is 10.2. The summed E-state index contributed by atoms with van der Waals surface area (Å²) >= 11 is 0. The molecule has 0 unspecified atom stereocenters. The van der Waals surface area contributed by atoms with Crippen molar-refractivity contribution in [2.24, 2.45) is 0 Å². The lowest BCUT2D eigenvalue weighted by Crippen LogP contribution is -2.08.